The number of hydrogen-bond acceptors (Lipinski definition) is 6. The Hall–Kier alpha value is -6.30. The molecule has 3 aromatic carbocycles. The molecule has 12 heteroatoms. The molecule has 8 rings (SSSR count). The molecule has 4 aromatic heterocycles. The first-order valence-corrected chi connectivity index (χ1v) is 17.4. The van der Waals surface area contributed by atoms with Crippen LogP contribution in [0.4, 0.5) is 19.0 Å². The second kappa shape index (κ2) is 14.0. The molecule has 1 amide bonds. The Balaban J connectivity index is 1.23. The number of carbonyl (C=O) groups is 1. The van der Waals surface area contributed by atoms with Gasteiger partial charge in [-0.1, -0.05) is 91.0 Å². The lowest BCUT2D eigenvalue weighted by atomic mass is 9.77. The molecule has 0 aliphatic heterocycles. The molecule has 266 valence electrons. The van der Waals surface area contributed by atoms with Crippen LogP contribution in [0.3, 0.4) is 0 Å². The maximum Gasteiger partial charge on any atom is 0.271 e. The minimum absolute atomic E-state index is 0.00358. The van der Waals surface area contributed by atoms with Crippen LogP contribution in [0, 0.1) is 17.5 Å². The van der Waals surface area contributed by atoms with E-state index in [0.29, 0.717) is 18.5 Å². The molecule has 0 unspecified atom stereocenters. The van der Waals surface area contributed by atoms with Crippen molar-refractivity contribution in [2.45, 2.75) is 43.3 Å². The summed E-state index contributed by atoms with van der Waals surface area (Å²) >= 11 is 0. The highest BCUT2D eigenvalue weighted by atomic mass is 19.1. The van der Waals surface area contributed by atoms with E-state index in [-0.39, 0.29) is 46.2 Å². The van der Waals surface area contributed by atoms with Gasteiger partial charge in [-0.05, 0) is 48.4 Å². The summed E-state index contributed by atoms with van der Waals surface area (Å²) in [5.74, 6) is -2.95. The van der Waals surface area contributed by atoms with Crippen molar-refractivity contribution in [3.8, 4) is 11.4 Å². The number of hydrogen-bond donors (Lipinski definition) is 2. The number of halogens is 3. The van der Waals surface area contributed by atoms with E-state index in [9.17, 15) is 4.79 Å². The Morgan fingerprint density at radius 1 is 0.792 bits per heavy atom. The molecular formula is C41H35F3N8O. The van der Waals surface area contributed by atoms with Gasteiger partial charge in [-0.2, -0.15) is 5.10 Å². The summed E-state index contributed by atoms with van der Waals surface area (Å²) in [7, 11) is 1.79. The second-order valence-corrected chi connectivity index (χ2v) is 13.3. The zero-order valence-corrected chi connectivity index (χ0v) is 28.8. The van der Waals surface area contributed by atoms with Gasteiger partial charge in [-0.3, -0.25) is 4.79 Å². The van der Waals surface area contributed by atoms with Crippen molar-refractivity contribution in [2.24, 2.45) is 7.05 Å². The number of nitrogens with zero attached hydrogens (tertiary/aromatic N) is 6. The molecule has 1 aliphatic carbocycles. The Labute approximate surface area is 303 Å². The molecule has 4 heterocycles. The first-order chi connectivity index (χ1) is 25.8. The number of amides is 1. The van der Waals surface area contributed by atoms with Crippen LogP contribution in [0.2, 0.25) is 0 Å². The lowest BCUT2D eigenvalue weighted by Crippen LogP contribution is -2.42. The minimum atomic E-state index is -1.15. The van der Waals surface area contributed by atoms with Gasteiger partial charge in [0.15, 0.2) is 23.1 Å². The quantitative estimate of drug-likeness (QED) is 0.149. The number of nitrogens with one attached hydrogen (secondary N) is 2. The van der Waals surface area contributed by atoms with E-state index in [2.05, 4.69) is 25.6 Å². The highest BCUT2D eigenvalue weighted by molar-refractivity contribution is 5.92. The molecule has 2 atom stereocenters. The zero-order chi connectivity index (χ0) is 36.5. The highest BCUT2D eigenvalue weighted by Gasteiger charge is 2.42. The SMILES string of the molecule is Cn1cnc(C(=O)N[C@@H]2CCC[C@H](Nc3nc(-c4nn(C(c5ccccc5)(c5ccccc5)c5ccccc5)c5ncc(F)cc45)c(F)cc3F)C2)c1. The van der Waals surface area contributed by atoms with Gasteiger partial charge in [0, 0.05) is 31.4 Å². The summed E-state index contributed by atoms with van der Waals surface area (Å²) in [4.78, 5) is 25.9. The molecule has 53 heavy (non-hydrogen) atoms. The number of benzene rings is 3. The smallest absolute Gasteiger partial charge is 0.271 e. The van der Waals surface area contributed by atoms with Gasteiger partial charge in [0.25, 0.3) is 5.91 Å². The van der Waals surface area contributed by atoms with Gasteiger partial charge in [0.2, 0.25) is 0 Å². The predicted octanol–water partition coefficient (Wildman–Crippen LogP) is 7.64. The van der Waals surface area contributed by atoms with Gasteiger partial charge >= 0.3 is 0 Å². The Kier molecular flexibility index (Phi) is 8.95. The van der Waals surface area contributed by atoms with Crippen molar-refractivity contribution < 1.29 is 18.0 Å². The number of pyridine rings is 2. The summed E-state index contributed by atoms with van der Waals surface area (Å²) < 4.78 is 50.0. The minimum Gasteiger partial charge on any atom is -0.365 e. The Bertz CT molecular complexity index is 2300. The van der Waals surface area contributed by atoms with Crippen LogP contribution in [0.15, 0.2) is 122 Å². The Morgan fingerprint density at radius 3 is 2.02 bits per heavy atom. The average Bonchev–Trinajstić information content (AvgIpc) is 3.78. The molecule has 0 spiro atoms. The first kappa shape index (κ1) is 33.8. The molecule has 1 aliphatic rings. The molecule has 1 saturated carbocycles. The summed E-state index contributed by atoms with van der Waals surface area (Å²) in [6, 6.07) is 30.7. The van der Waals surface area contributed by atoms with Crippen LogP contribution < -0.4 is 10.6 Å². The van der Waals surface area contributed by atoms with Crippen molar-refractivity contribution in [1.29, 1.82) is 0 Å². The maximum atomic E-state index is 16.0. The average molecular weight is 713 g/mol. The summed E-state index contributed by atoms with van der Waals surface area (Å²) in [5, 5.41) is 11.4. The van der Waals surface area contributed by atoms with Crippen LogP contribution in [-0.2, 0) is 12.6 Å². The van der Waals surface area contributed by atoms with E-state index >= 15 is 13.2 Å². The summed E-state index contributed by atoms with van der Waals surface area (Å²) in [5.41, 5.74) is 1.67. The van der Waals surface area contributed by atoms with Crippen molar-refractivity contribution in [1.82, 2.24) is 34.6 Å². The molecule has 2 N–H and O–H groups in total. The topological polar surface area (TPSA) is 103 Å². The highest BCUT2D eigenvalue weighted by Crippen LogP contribution is 2.44. The third-order valence-corrected chi connectivity index (χ3v) is 9.82. The van der Waals surface area contributed by atoms with Crippen LogP contribution in [0.25, 0.3) is 22.4 Å². The molecule has 9 nitrogen and oxygen atoms in total. The van der Waals surface area contributed by atoms with Gasteiger partial charge in [0.1, 0.15) is 28.4 Å². The van der Waals surface area contributed by atoms with Gasteiger partial charge in [-0.25, -0.2) is 32.8 Å². The van der Waals surface area contributed by atoms with Crippen molar-refractivity contribution >= 4 is 22.8 Å². The van der Waals surface area contributed by atoms with Crippen LogP contribution in [0.5, 0.6) is 0 Å². The maximum absolute atomic E-state index is 16.0. The van der Waals surface area contributed by atoms with Crippen molar-refractivity contribution in [2.75, 3.05) is 5.32 Å². The van der Waals surface area contributed by atoms with E-state index in [4.69, 9.17) is 5.10 Å². The van der Waals surface area contributed by atoms with E-state index in [1.54, 1.807) is 28.8 Å². The number of rotatable bonds is 9. The fourth-order valence-electron chi connectivity index (χ4n) is 7.46. The molecule has 0 radical (unpaired) electrons. The lowest BCUT2D eigenvalue weighted by molar-refractivity contribution is 0.0921. The van der Waals surface area contributed by atoms with E-state index in [1.165, 1.54) is 6.07 Å². The van der Waals surface area contributed by atoms with E-state index in [0.717, 1.165) is 41.8 Å². The number of carbonyl (C=O) groups excluding carboxylic acids is 1. The predicted molar refractivity (Wildman–Crippen MR) is 196 cm³/mol. The van der Waals surface area contributed by atoms with Crippen LogP contribution in [-0.4, -0.2) is 47.3 Å². The molecule has 0 saturated heterocycles. The summed E-state index contributed by atoms with van der Waals surface area (Å²) in [6.07, 6.45) is 6.99. The zero-order valence-electron chi connectivity index (χ0n) is 28.8. The number of anilines is 1. The van der Waals surface area contributed by atoms with Gasteiger partial charge in [0.05, 0.1) is 17.9 Å². The van der Waals surface area contributed by atoms with Crippen molar-refractivity contribution in [3.63, 3.8) is 0 Å². The van der Waals surface area contributed by atoms with E-state index < -0.39 is 23.0 Å². The third kappa shape index (κ3) is 6.30. The number of fused-ring (bicyclic) bond motifs is 1. The molecular weight excluding hydrogens is 678 g/mol. The fraction of sp³-hybridized carbons (Fsp3) is 0.195. The van der Waals surface area contributed by atoms with Gasteiger partial charge < -0.3 is 15.2 Å². The third-order valence-electron chi connectivity index (χ3n) is 9.82. The van der Waals surface area contributed by atoms with Gasteiger partial charge in [-0.15, -0.1) is 0 Å². The largest absolute Gasteiger partial charge is 0.365 e. The summed E-state index contributed by atoms with van der Waals surface area (Å²) in [6.45, 7) is 0. The number of aromatic nitrogens is 6. The molecule has 0 bridgehead atoms. The molecule has 1 fully saturated rings. The van der Waals surface area contributed by atoms with E-state index in [1.807, 2.05) is 91.0 Å². The number of imidazole rings is 1. The standard InChI is InChI=1S/C41H35F3N8O/c1-51-24-35(46-25-51)40(53)48-31-19-11-18-30(21-31)47-38-34(44)22-33(43)37(49-38)36-32-20-29(42)23-45-39(32)52(50-36)41(26-12-5-2-6-13-26,27-14-7-3-8-15-27)28-16-9-4-10-17-28/h2-10,12-17,20,22-25,30-31H,11,18-19,21H2,1H3,(H,47,49)(H,48,53)/t30-,31+/m0/s1. The lowest BCUT2D eigenvalue weighted by Gasteiger charge is -2.36. The van der Waals surface area contributed by atoms with Crippen LogP contribution >= 0.6 is 0 Å². The molecule has 7 aromatic rings. The first-order valence-electron chi connectivity index (χ1n) is 17.4. The Morgan fingerprint density at radius 2 is 1.42 bits per heavy atom. The fourth-order valence-corrected chi connectivity index (χ4v) is 7.46. The number of aryl methyl sites for hydroxylation is 1. The van der Waals surface area contributed by atoms with Crippen molar-refractivity contribution in [3.05, 3.63) is 162 Å². The monoisotopic (exact) mass is 712 g/mol. The second-order valence-electron chi connectivity index (χ2n) is 13.3. The van der Waals surface area contributed by atoms with Crippen LogP contribution in [0.1, 0.15) is 52.9 Å². The normalized spacial score (nSPS) is 16.1.